The number of ether oxygens (including phenoxy) is 2. The van der Waals surface area contributed by atoms with Crippen LogP contribution in [0.3, 0.4) is 0 Å². The van der Waals surface area contributed by atoms with Crippen molar-refractivity contribution in [1.82, 2.24) is 10.1 Å². The maximum absolute atomic E-state index is 12.6. The minimum absolute atomic E-state index is 0.0269. The summed E-state index contributed by atoms with van der Waals surface area (Å²) in [6.07, 6.45) is 6.07. The number of nitrogens with zero attached hydrogens (tertiary/aromatic N) is 4. The molecule has 45 heavy (non-hydrogen) atoms. The molecule has 4 heterocycles. The highest BCUT2D eigenvalue weighted by atomic mass is 16.7. The molecule has 2 saturated heterocycles. The average molecular weight is 617 g/mol. The Morgan fingerprint density at radius 2 is 1.51 bits per heavy atom. The number of hydrogen-bond donors (Lipinski definition) is 0. The van der Waals surface area contributed by atoms with E-state index in [1.165, 1.54) is 0 Å². The largest absolute Gasteiger partial charge is 0.485 e. The lowest BCUT2D eigenvalue weighted by Crippen LogP contribution is -2.36. The summed E-state index contributed by atoms with van der Waals surface area (Å²) in [5.41, 5.74) is 2.34. The molecule has 0 bridgehead atoms. The molecule has 0 spiro atoms. The Morgan fingerprint density at radius 3 is 2.27 bits per heavy atom. The van der Waals surface area contributed by atoms with Crippen LogP contribution < -0.4 is 19.3 Å². The van der Waals surface area contributed by atoms with Gasteiger partial charge in [0.2, 0.25) is 0 Å². The van der Waals surface area contributed by atoms with Crippen molar-refractivity contribution in [3.05, 3.63) is 72.5 Å². The SMILES string of the molecule is O=C(CCN1c2ccccc2OC1/C=C/C=C1/COc2ccccc2N1CCC(=O)ON1C(=O)CCC1=O)ON1CCCC1=O. The summed E-state index contributed by atoms with van der Waals surface area (Å²) in [4.78, 5) is 74.8. The number of para-hydroxylation sites is 4. The van der Waals surface area contributed by atoms with Crippen molar-refractivity contribution < 1.29 is 43.1 Å². The number of fused-ring (bicyclic) bond motifs is 2. The Kier molecular flexibility index (Phi) is 8.67. The average Bonchev–Trinajstić information content (AvgIpc) is 3.71. The molecule has 234 valence electrons. The highest BCUT2D eigenvalue weighted by molar-refractivity contribution is 6.01. The standard InChI is InChI=1S/C32H32N4O9/c37-27-12-6-18-35(27)44-31(40)17-20-34-24-9-2-4-11-26(24)43-30(34)13-5-7-22-21-42-25-10-3-1-8-23(25)33(22)19-16-32(41)45-36-28(38)14-15-29(36)39/h1-5,7-11,13,30H,6,12,14-21H2/b13-5+,22-7-. The van der Waals surface area contributed by atoms with Crippen LogP contribution in [0.4, 0.5) is 11.4 Å². The van der Waals surface area contributed by atoms with E-state index in [0.29, 0.717) is 42.5 Å². The summed E-state index contributed by atoms with van der Waals surface area (Å²) in [6.45, 7) is 1.16. The summed E-state index contributed by atoms with van der Waals surface area (Å²) in [7, 11) is 0. The summed E-state index contributed by atoms with van der Waals surface area (Å²) >= 11 is 0. The zero-order chi connectivity index (χ0) is 31.3. The summed E-state index contributed by atoms with van der Waals surface area (Å²) in [5.74, 6) is -1.11. The Morgan fingerprint density at radius 1 is 0.822 bits per heavy atom. The third kappa shape index (κ3) is 6.61. The van der Waals surface area contributed by atoms with Crippen LogP contribution in [-0.4, -0.2) is 72.3 Å². The lowest BCUT2D eigenvalue weighted by atomic mass is 10.2. The van der Waals surface area contributed by atoms with Gasteiger partial charge in [0.1, 0.15) is 18.1 Å². The highest BCUT2D eigenvalue weighted by Gasteiger charge is 2.34. The molecule has 2 aromatic carbocycles. The van der Waals surface area contributed by atoms with Crippen LogP contribution in [0.1, 0.15) is 38.5 Å². The number of carbonyl (C=O) groups excluding carboxylic acids is 5. The lowest BCUT2D eigenvalue weighted by Gasteiger charge is -2.33. The van der Waals surface area contributed by atoms with E-state index in [4.69, 9.17) is 19.1 Å². The summed E-state index contributed by atoms with van der Waals surface area (Å²) in [6, 6.07) is 14.9. The maximum Gasteiger partial charge on any atom is 0.335 e. The Bertz CT molecular complexity index is 1560. The van der Waals surface area contributed by atoms with Gasteiger partial charge < -0.3 is 28.9 Å². The predicted molar refractivity (Wildman–Crippen MR) is 158 cm³/mol. The molecular formula is C32H32N4O9. The van der Waals surface area contributed by atoms with Gasteiger partial charge in [-0.3, -0.25) is 14.4 Å². The van der Waals surface area contributed by atoms with Gasteiger partial charge in [-0.2, -0.15) is 5.06 Å². The molecule has 6 rings (SSSR count). The third-order valence-corrected chi connectivity index (χ3v) is 7.71. The van der Waals surface area contributed by atoms with Crippen molar-refractivity contribution >= 4 is 41.0 Å². The van der Waals surface area contributed by atoms with Gasteiger partial charge in [-0.05, 0) is 42.8 Å². The van der Waals surface area contributed by atoms with Gasteiger partial charge in [0, 0.05) is 32.4 Å². The fourth-order valence-corrected chi connectivity index (χ4v) is 5.47. The quantitative estimate of drug-likeness (QED) is 0.365. The Hall–Kier alpha value is -5.33. The molecule has 0 aliphatic carbocycles. The molecule has 2 fully saturated rings. The van der Waals surface area contributed by atoms with Crippen molar-refractivity contribution in [1.29, 1.82) is 0 Å². The van der Waals surface area contributed by atoms with Gasteiger partial charge in [-0.15, -0.1) is 5.06 Å². The first-order valence-electron chi connectivity index (χ1n) is 14.8. The first-order chi connectivity index (χ1) is 21.9. The van der Waals surface area contributed by atoms with Gasteiger partial charge >= 0.3 is 11.9 Å². The molecule has 13 nitrogen and oxygen atoms in total. The monoisotopic (exact) mass is 616 g/mol. The minimum atomic E-state index is -0.696. The molecule has 0 aromatic heterocycles. The molecule has 0 saturated carbocycles. The number of carbonyl (C=O) groups is 5. The van der Waals surface area contributed by atoms with E-state index in [9.17, 15) is 24.0 Å². The predicted octanol–water partition coefficient (Wildman–Crippen LogP) is 3.02. The van der Waals surface area contributed by atoms with E-state index >= 15 is 0 Å². The van der Waals surface area contributed by atoms with Crippen LogP contribution in [0.15, 0.2) is 72.5 Å². The smallest absolute Gasteiger partial charge is 0.335 e. The zero-order valence-electron chi connectivity index (χ0n) is 24.5. The normalized spacial score (nSPS) is 20.0. The molecule has 3 amide bonds. The van der Waals surface area contributed by atoms with E-state index < -0.39 is 30.0 Å². The van der Waals surface area contributed by atoms with Crippen LogP contribution in [0, 0.1) is 0 Å². The highest BCUT2D eigenvalue weighted by Crippen LogP contribution is 2.38. The van der Waals surface area contributed by atoms with Crippen molar-refractivity contribution in [2.75, 3.05) is 36.0 Å². The first-order valence-corrected chi connectivity index (χ1v) is 14.8. The van der Waals surface area contributed by atoms with Crippen molar-refractivity contribution in [2.24, 2.45) is 0 Å². The van der Waals surface area contributed by atoms with Gasteiger partial charge in [-0.1, -0.05) is 30.3 Å². The molecule has 13 heteroatoms. The van der Waals surface area contributed by atoms with E-state index in [-0.39, 0.29) is 44.7 Å². The second-order valence-electron chi connectivity index (χ2n) is 10.7. The van der Waals surface area contributed by atoms with Crippen LogP contribution in [0.5, 0.6) is 11.5 Å². The number of hydroxylamine groups is 4. The molecule has 4 aliphatic heterocycles. The Balaban J connectivity index is 1.14. The first kappa shape index (κ1) is 29.7. The van der Waals surface area contributed by atoms with Gasteiger partial charge in [0.05, 0.1) is 36.5 Å². The van der Waals surface area contributed by atoms with Crippen LogP contribution in [-0.2, 0) is 33.6 Å². The summed E-state index contributed by atoms with van der Waals surface area (Å²) < 4.78 is 12.1. The van der Waals surface area contributed by atoms with E-state index in [0.717, 1.165) is 22.1 Å². The van der Waals surface area contributed by atoms with Crippen molar-refractivity contribution in [3.63, 3.8) is 0 Å². The second kappa shape index (κ2) is 13.1. The molecule has 0 N–H and O–H groups in total. The van der Waals surface area contributed by atoms with Crippen molar-refractivity contribution in [3.8, 4) is 11.5 Å². The fraction of sp³-hybridized carbons (Fsp3) is 0.344. The zero-order valence-corrected chi connectivity index (χ0v) is 24.5. The summed E-state index contributed by atoms with van der Waals surface area (Å²) in [5, 5.41) is 1.67. The van der Waals surface area contributed by atoms with Gasteiger partial charge in [0.25, 0.3) is 17.7 Å². The minimum Gasteiger partial charge on any atom is -0.485 e. The van der Waals surface area contributed by atoms with Crippen molar-refractivity contribution in [2.45, 2.75) is 44.8 Å². The van der Waals surface area contributed by atoms with Crippen LogP contribution in [0.25, 0.3) is 0 Å². The molecule has 0 radical (unpaired) electrons. The number of imide groups is 1. The Labute approximate surface area is 259 Å². The molecule has 4 aliphatic rings. The van der Waals surface area contributed by atoms with Gasteiger partial charge in [-0.25, -0.2) is 9.59 Å². The number of amides is 3. The number of hydrogen-bond acceptors (Lipinski definition) is 11. The molecule has 2 aromatic rings. The number of rotatable bonds is 10. The number of anilines is 2. The fourth-order valence-electron chi connectivity index (χ4n) is 5.47. The topological polar surface area (TPSA) is 135 Å². The third-order valence-electron chi connectivity index (χ3n) is 7.71. The number of allylic oxidation sites excluding steroid dienone is 2. The molecule has 1 unspecified atom stereocenters. The van der Waals surface area contributed by atoms with Crippen LogP contribution >= 0.6 is 0 Å². The van der Waals surface area contributed by atoms with Crippen LogP contribution in [0.2, 0.25) is 0 Å². The van der Waals surface area contributed by atoms with E-state index in [1.54, 1.807) is 0 Å². The maximum atomic E-state index is 12.6. The molecular weight excluding hydrogens is 584 g/mol. The second-order valence-corrected chi connectivity index (χ2v) is 10.7. The van der Waals surface area contributed by atoms with E-state index in [2.05, 4.69) is 0 Å². The van der Waals surface area contributed by atoms with Gasteiger partial charge in [0.15, 0.2) is 6.23 Å². The lowest BCUT2D eigenvalue weighted by molar-refractivity contribution is -0.197. The number of benzene rings is 2. The van der Waals surface area contributed by atoms with E-state index in [1.807, 2.05) is 76.6 Å². The molecule has 1 atom stereocenters.